The third-order valence-corrected chi connectivity index (χ3v) is 6.30. The minimum atomic E-state index is -1.01. The van der Waals surface area contributed by atoms with Crippen LogP contribution >= 0.6 is 11.3 Å². The number of hydrogen-bond acceptors (Lipinski definition) is 6. The number of carbonyl (C=O) groups is 2. The molecule has 0 spiro atoms. The zero-order valence-corrected chi connectivity index (χ0v) is 17.9. The van der Waals surface area contributed by atoms with Crippen molar-refractivity contribution in [1.82, 2.24) is 19.4 Å². The number of ketones is 1. The quantitative estimate of drug-likeness (QED) is 0.565. The molecule has 3 aromatic rings. The first kappa shape index (κ1) is 20.9. The maximum atomic E-state index is 14.8. The van der Waals surface area contributed by atoms with Crippen molar-refractivity contribution in [3.8, 4) is 0 Å². The predicted octanol–water partition coefficient (Wildman–Crippen LogP) is 3.76. The minimum Gasteiger partial charge on any atom is -0.503 e. The van der Waals surface area contributed by atoms with E-state index in [0.717, 1.165) is 0 Å². The first-order chi connectivity index (χ1) is 14.9. The van der Waals surface area contributed by atoms with Gasteiger partial charge in [-0.2, -0.15) is 0 Å². The van der Waals surface area contributed by atoms with Gasteiger partial charge in [0.1, 0.15) is 5.82 Å². The monoisotopic (exact) mass is 440 g/mol. The Morgan fingerprint density at radius 2 is 2.03 bits per heavy atom. The lowest BCUT2D eigenvalue weighted by molar-refractivity contribution is -0.129. The lowest BCUT2D eigenvalue weighted by Gasteiger charge is -2.27. The van der Waals surface area contributed by atoms with Crippen molar-refractivity contribution in [2.75, 3.05) is 6.54 Å². The molecule has 1 aliphatic heterocycles. The molecule has 1 N–H and O–H groups in total. The number of imidazole rings is 1. The topological polar surface area (TPSA) is 88.3 Å². The standard InChI is InChI=1S/C22H21FN4O3S/c1-13-21(31-14(2)25-13)19(28)17-18(15-6-3-4-7-16(15)23)27(22(30)20(17)29)10-5-9-26-11-8-24-12-26/h3-4,6-8,11-12,18,29H,5,9-10H2,1-2H3. The highest BCUT2D eigenvalue weighted by atomic mass is 32.1. The number of aryl methyl sites for hydroxylation is 3. The molecule has 160 valence electrons. The van der Waals surface area contributed by atoms with Crippen molar-refractivity contribution in [3.05, 3.63) is 81.3 Å². The molecule has 0 bridgehead atoms. The summed E-state index contributed by atoms with van der Waals surface area (Å²) in [7, 11) is 0. The van der Waals surface area contributed by atoms with Gasteiger partial charge in [0.2, 0.25) is 5.78 Å². The van der Waals surface area contributed by atoms with Gasteiger partial charge in [0.05, 0.1) is 33.5 Å². The smallest absolute Gasteiger partial charge is 0.290 e. The number of thiazole rings is 1. The van der Waals surface area contributed by atoms with Crippen LogP contribution in [0.4, 0.5) is 4.39 Å². The normalized spacial score (nSPS) is 16.4. The number of amides is 1. The summed E-state index contributed by atoms with van der Waals surface area (Å²) in [6.45, 7) is 4.30. The average molecular weight is 440 g/mol. The van der Waals surface area contributed by atoms with E-state index >= 15 is 0 Å². The van der Waals surface area contributed by atoms with Crippen molar-refractivity contribution in [1.29, 1.82) is 0 Å². The fraction of sp³-hybridized carbons (Fsp3) is 0.273. The summed E-state index contributed by atoms with van der Waals surface area (Å²) in [5.74, 6) is -2.36. The number of hydrogen-bond donors (Lipinski definition) is 1. The van der Waals surface area contributed by atoms with Crippen molar-refractivity contribution >= 4 is 23.0 Å². The third kappa shape index (κ3) is 3.88. The van der Waals surface area contributed by atoms with Gasteiger partial charge in [-0.15, -0.1) is 11.3 Å². The number of Topliss-reactive ketones (excluding diaryl/α,β-unsaturated/α-hetero) is 1. The maximum Gasteiger partial charge on any atom is 0.290 e. The number of halogens is 1. The van der Waals surface area contributed by atoms with Crippen LogP contribution in [0.5, 0.6) is 0 Å². The summed E-state index contributed by atoms with van der Waals surface area (Å²) in [5, 5.41) is 11.4. The molecular weight excluding hydrogens is 419 g/mol. The van der Waals surface area contributed by atoms with Crippen molar-refractivity contribution in [2.24, 2.45) is 0 Å². The Balaban J connectivity index is 1.71. The number of nitrogens with zero attached hydrogens (tertiary/aromatic N) is 4. The number of carbonyl (C=O) groups excluding carboxylic acids is 2. The minimum absolute atomic E-state index is 0.107. The lowest BCUT2D eigenvalue weighted by Crippen LogP contribution is -2.33. The number of aliphatic hydroxyl groups excluding tert-OH is 1. The fourth-order valence-corrected chi connectivity index (χ4v) is 4.72. The molecule has 0 fully saturated rings. The molecule has 1 unspecified atom stereocenters. The number of benzene rings is 1. The third-order valence-electron chi connectivity index (χ3n) is 5.23. The van der Waals surface area contributed by atoms with Crippen LogP contribution in [0, 0.1) is 19.7 Å². The Labute approximate surface area is 182 Å². The van der Waals surface area contributed by atoms with E-state index in [1.807, 2.05) is 4.57 Å². The first-order valence-electron chi connectivity index (χ1n) is 9.81. The van der Waals surface area contributed by atoms with Gasteiger partial charge in [-0.1, -0.05) is 18.2 Å². The van der Waals surface area contributed by atoms with Gasteiger partial charge < -0.3 is 14.6 Å². The van der Waals surface area contributed by atoms with Crippen LogP contribution < -0.4 is 0 Å². The van der Waals surface area contributed by atoms with E-state index in [0.29, 0.717) is 28.5 Å². The summed E-state index contributed by atoms with van der Waals surface area (Å²) >= 11 is 1.19. The number of aromatic nitrogens is 3. The summed E-state index contributed by atoms with van der Waals surface area (Å²) < 4.78 is 16.6. The Kier molecular flexibility index (Phi) is 5.69. The van der Waals surface area contributed by atoms with Crippen molar-refractivity contribution in [3.63, 3.8) is 0 Å². The molecule has 1 atom stereocenters. The summed E-state index contributed by atoms with van der Waals surface area (Å²) in [4.78, 5) is 36.3. The zero-order valence-electron chi connectivity index (χ0n) is 17.1. The van der Waals surface area contributed by atoms with E-state index in [-0.39, 0.29) is 17.7 Å². The zero-order chi connectivity index (χ0) is 22.1. The molecule has 0 saturated heterocycles. The second-order valence-electron chi connectivity index (χ2n) is 7.32. The van der Waals surface area contributed by atoms with E-state index in [1.54, 1.807) is 44.7 Å². The van der Waals surface area contributed by atoms with Gasteiger partial charge in [0.25, 0.3) is 5.91 Å². The van der Waals surface area contributed by atoms with Gasteiger partial charge in [-0.25, -0.2) is 14.4 Å². The van der Waals surface area contributed by atoms with E-state index in [1.165, 1.54) is 28.4 Å². The largest absolute Gasteiger partial charge is 0.503 e. The fourth-order valence-electron chi connectivity index (χ4n) is 3.84. The van der Waals surface area contributed by atoms with Gasteiger partial charge in [-0.3, -0.25) is 9.59 Å². The average Bonchev–Trinajstić information content (AvgIpc) is 3.43. The Hall–Kier alpha value is -3.33. The molecule has 0 aliphatic carbocycles. The Morgan fingerprint density at radius 1 is 1.26 bits per heavy atom. The molecule has 0 radical (unpaired) electrons. The van der Waals surface area contributed by atoms with E-state index in [9.17, 15) is 19.1 Å². The molecule has 31 heavy (non-hydrogen) atoms. The van der Waals surface area contributed by atoms with Gasteiger partial charge in [0.15, 0.2) is 5.76 Å². The van der Waals surface area contributed by atoms with E-state index in [2.05, 4.69) is 9.97 Å². The van der Waals surface area contributed by atoms with Crippen LogP contribution in [0.1, 0.15) is 38.4 Å². The lowest BCUT2D eigenvalue weighted by atomic mass is 9.94. The highest BCUT2D eigenvalue weighted by Crippen LogP contribution is 2.41. The second kappa shape index (κ2) is 8.43. The summed E-state index contributed by atoms with van der Waals surface area (Å²) in [5.41, 5.74) is 0.584. The molecule has 2 aromatic heterocycles. The highest BCUT2D eigenvalue weighted by Gasteiger charge is 2.45. The first-order valence-corrected chi connectivity index (χ1v) is 10.6. The second-order valence-corrected chi connectivity index (χ2v) is 8.52. The Morgan fingerprint density at radius 3 is 2.68 bits per heavy atom. The molecular formula is C22H21FN4O3S. The van der Waals surface area contributed by atoms with E-state index < -0.39 is 29.3 Å². The van der Waals surface area contributed by atoms with Crippen LogP contribution in [0.2, 0.25) is 0 Å². The molecule has 9 heteroatoms. The van der Waals surface area contributed by atoms with Crippen LogP contribution in [0.3, 0.4) is 0 Å². The molecule has 7 nitrogen and oxygen atoms in total. The molecule has 3 heterocycles. The predicted molar refractivity (Wildman–Crippen MR) is 113 cm³/mol. The maximum absolute atomic E-state index is 14.8. The van der Waals surface area contributed by atoms with Crippen LogP contribution in [-0.4, -0.2) is 42.8 Å². The van der Waals surface area contributed by atoms with Crippen LogP contribution in [0.15, 0.2) is 54.3 Å². The highest BCUT2D eigenvalue weighted by molar-refractivity contribution is 7.14. The number of rotatable bonds is 7. The SMILES string of the molecule is Cc1nc(C)c(C(=O)C2=C(O)C(=O)N(CCCn3ccnc3)C2c2ccccc2F)s1. The van der Waals surface area contributed by atoms with Crippen LogP contribution in [-0.2, 0) is 11.3 Å². The van der Waals surface area contributed by atoms with Crippen molar-refractivity contribution < 1.29 is 19.1 Å². The molecule has 1 aromatic carbocycles. The molecule has 1 amide bonds. The summed E-state index contributed by atoms with van der Waals surface area (Å²) in [6.07, 6.45) is 5.67. The Bertz CT molecular complexity index is 1170. The van der Waals surface area contributed by atoms with E-state index in [4.69, 9.17) is 0 Å². The summed E-state index contributed by atoms with van der Waals surface area (Å²) in [6, 6.07) is 4.99. The molecule has 1 aliphatic rings. The van der Waals surface area contributed by atoms with Crippen molar-refractivity contribution in [2.45, 2.75) is 32.9 Å². The molecule has 4 rings (SSSR count). The van der Waals surface area contributed by atoms with Gasteiger partial charge in [-0.05, 0) is 26.3 Å². The van der Waals surface area contributed by atoms with Gasteiger partial charge >= 0.3 is 0 Å². The molecule has 0 saturated carbocycles. The van der Waals surface area contributed by atoms with Crippen LogP contribution in [0.25, 0.3) is 0 Å². The van der Waals surface area contributed by atoms with Gasteiger partial charge in [0, 0.05) is 31.0 Å². The number of aliphatic hydroxyl groups is 1.